The van der Waals surface area contributed by atoms with Crippen LogP contribution in [0.4, 0.5) is 9.18 Å². The number of ether oxygens (including phenoxy) is 1. The van der Waals surface area contributed by atoms with Gasteiger partial charge in [-0.3, -0.25) is 14.4 Å². The van der Waals surface area contributed by atoms with E-state index in [2.05, 4.69) is 16.0 Å². The Morgan fingerprint density at radius 1 is 1.00 bits per heavy atom. The fourth-order valence-electron chi connectivity index (χ4n) is 2.73. The summed E-state index contributed by atoms with van der Waals surface area (Å²) in [5.74, 6) is -1.61. The number of amides is 3. The van der Waals surface area contributed by atoms with Gasteiger partial charge in [-0.15, -0.1) is 0 Å². The number of hydrogen-bond donors (Lipinski definition) is 3. The second-order valence-corrected chi connectivity index (χ2v) is 8.59. The molecule has 0 radical (unpaired) electrons. The van der Waals surface area contributed by atoms with Crippen molar-refractivity contribution in [1.82, 2.24) is 16.0 Å². The number of carbonyl (C=O) groups is 4. The Kier molecular flexibility index (Phi) is 12.4. The van der Waals surface area contributed by atoms with E-state index in [-0.39, 0.29) is 12.5 Å². The topological polar surface area (TPSA) is 114 Å². The lowest BCUT2D eigenvalue weighted by Gasteiger charge is -2.24. The third kappa shape index (κ3) is 9.67. The number of ketones is 1. The molecule has 3 atom stereocenters. The number of nitrogens with one attached hydrogen (secondary N) is 3. The minimum absolute atomic E-state index is 0.0535. The summed E-state index contributed by atoms with van der Waals surface area (Å²) in [4.78, 5) is 49.0. The fraction of sp³-hybridized carbons (Fsp3) is 0.545. The fourth-order valence-corrected chi connectivity index (χ4v) is 3.21. The van der Waals surface area contributed by atoms with E-state index in [4.69, 9.17) is 4.74 Å². The molecule has 0 aliphatic heterocycles. The van der Waals surface area contributed by atoms with Gasteiger partial charge in [0, 0.05) is 0 Å². The molecule has 32 heavy (non-hydrogen) atoms. The van der Waals surface area contributed by atoms with Crippen LogP contribution >= 0.6 is 11.8 Å². The van der Waals surface area contributed by atoms with E-state index in [1.807, 2.05) is 24.5 Å². The molecular weight excluding hydrogens is 437 g/mol. The van der Waals surface area contributed by atoms with Crippen molar-refractivity contribution in [2.24, 2.45) is 5.92 Å². The summed E-state index contributed by atoms with van der Waals surface area (Å²) in [5.41, 5.74) is 0.803. The molecular formula is C22H32FN3O5S. The van der Waals surface area contributed by atoms with Crippen LogP contribution in [0.25, 0.3) is 0 Å². The minimum Gasteiger partial charge on any atom is -0.445 e. The van der Waals surface area contributed by atoms with Gasteiger partial charge in [-0.05, 0) is 36.8 Å². The van der Waals surface area contributed by atoms with E-state index in [0.717, 1.165) is 5.56 Å². The predicted molar refractivity (Wildman–Crippen MR) is 122 cm³/mol. The molecule has 0 saturated carbocycles. The molecule has 3 unspecified atom stereocenters. The van der Waals surface area contributed by atoms with Gasteiger partial charge < -0.3 is 20.7 Å². The molecule has 10 heteroatoms. The molecule has 0 spiro atoms. The Hall–Kier alpha value is -2.62. The zero-order valence-electron chi connectivity index (χ0n) is 18.9. The molecule has 1 aromatic rings. The zero-order chi connectivity index (χ0) is 24.1. The van der Waals surface area contributed by atoms with Gasteiger partial charge in [0.25, 0.3) is 0 Å². The molecule has 0 bridgehead atoms. The molecule has 3 N–H and O–H groups in total. The van der Waals surface area contributed by atoms with Crippen molar-refractivity contribution in [1.29, 1.82) is 0 Å². The Morgan fingerprint density at radius 3 is 2.22 bits per heavy atom. The van der Waals surface area contributed by atoms with E-state index in [1.165, 1.54) is 18.7 Å². The normalized spacial score (nSPS) is 13.6. The van der Waals surface area contributed by atoms with Crippen LogP contribution < -0.4 is 16.0 Å². The summed E-state index contributed by atoms with van der Waals surface area (Å²) in [6, 6.07) is 6.22. The van der Waals surface area contributed by atoms with Crippen LogP contribution in [0.15, 0.2) is 30.3 Å². The van der Waals surface area contributed by atoms with Crippen LogP contribution in [0.3, 0.4) is 0 Å². The predicted octanol–water partition coefficient (Wildman–Crippen LogP) is 2.22. The number of alkyl carbamates (subject to hydrolysis) is 1. The van der Waals surface area contributed by atoms with Crippen LogP contribution in [0, 0.1) is 5.92 Å². The number of alkyl halides is 1. The molecule has 1 aromatic carbocycles. The Bertz CT molecular complexity index is 763. The molecule has 1 rings (SSSR count). The van der Waals surface area contributed by atoms with E-state index in [1.54, 1.807) is 26.0 Å². The third-order valence-corrected chi connectivity index (χ3v) is 5.28. The lowest BCUT2D eigenvalue weighted by Crippen LogP contribution is -2.56. The van der Waals surface area contributed by atoms with Crippen molar-refractivity contribution in [3.63, 3.8) is 0 Å². The highest BCUT2D eigenvalue weighted by Gasteiger charge is 2.29. The molecule has 8 nitrogen and oxygen atoms in total. The highest BCUT2D eigenvalue weighted by molar-refractivity contribution is 7.98. The van der Waals surface area contributed by atoms with Gasteiger partial charge in [-0.25, -0.2) is 9.18 Å². The third-order valence-electron chi connectivity index (χ3n) is 4.63. The van der Waals surface area contributed by atoms with Crippen LogP contribution in [0.5, 0.6) is 0 Å². The summed E-state index contributed by atoms with van der Waals surface area (Å²) < 4.78 is 17.9. The first kappa shape index (κ1) is 27.4. The Labute approximate surface area is 192 Å². The first-order valence-corrected chi connectivity index (χ1v) is 11.7. The lowest BCUT2D eigenvalue weighted by molar-refractivity contribution is -0.132. The van der Waals surface area contributed by atoms with Gasteiger partial charge >= 0.3 is 6.09 Å². The highest BCUT2D eigenvalue weighted by Crippen LogP contribution is 2.06. The molecule has 3 amide bonds. The summed E-state index contributed by atoms with van der Waals surface area (Å²) in [7, 11) is 0. The van der Waals surface area contributed by atoms with Crippen molar-refractivity contribution in [3.8, 4) is 0 Å². The number of carbonyl (C=O) groups excluding carboxylic acids is 4. The second kappa shape index (κ2) is 14.4. The van der Waals surface area contributed by atoms with Crippen LogP contribution in [-0.2, 0) is 25.7 Å². The standard InChI is InChI=1S/C22H32FN3O5S/c1-14(2)19(26-22(30)31-13-16-8-6-5-7-9-16)21(29)24-15(3)20(28)25-17(10-11-32-4)18(27)12-23/h5-9,14-15,17,19H,10-13H2,1-4H3,(H,24,29)(H,25,28)(H,26,30). The van der Waals surface area contributed by atoms with Gasteiger partial charge in [0.2, 0.25) is 11.8 Å². The second-order valence-electron chi connectivity index (χ2n) is 7.60. The van der Waals surface area contributed by atoms with Gasteiger partial charge in [-0.2, -0.15) is 11.8 Å². The van der Waals surface area contributed by atoms with Gasteiger partial charge in [-0.1, -0.05) is 44.2 Å². The maximum atomic E-state index is 12.8. The van der Waals surface area contributed by atoms with Gasteiger partial charge in [0.05, 0.1) is 6.04 Å². The first-order valence-electron chi connectivity index (χ1n) is 10.3. The number of halogens is 1. The van der Waals surface area contributed by atoms with Crippen LogP contribution in [0.1, 0.15) is 32.8 Å². The summed E-state index contributed by atoms with van der Waals surface area (Å²) in [5, 5.41) is 7.53. The maximum Gasteiger partial charge on any atom is 0.408 e. The highest BCUT2D eigenvalue weighted by atomic mass is 32.2. The SMILES string of the molecule is CSCCC(NC(=O)C(C)NC(=O)C(NC(=O)OCc1ccccc1)C(C)C)C(=O)CF. The number of hydrogen-bond acceptors (Lipinski definition) is 6. The number of thioether (sulfide) groups is 1. The lowest BCUT2D eigenvalue weighted by atomic mass is 10.0. The Morgan fingerprint density at radius 2 is 1.66 bits per heavy atom. The van der Waals surface area contributed by atoms with E-state index in [9.17, 15) is 23.6 Å². The smallest absolute Gasteiger partial charge is 0.408 e. The van der Waals surface area contributed by atoms with E-state index in [0.29, 0.717) is 12.2 Å². The molecule has 0 aromatic heterocycles. The average Bonchev–Trinajstić information content (AvgIpc) is 2.78. The molecule has 0 aliphatic rings. The summed E-state index contributed by atoms with van der Waals surface area (Å²) >= 11 is 1.47. The minimum atomic E-state index is -1.18. The molecule has 0 saturated heterocycles. The Balaban J connectivity index is 2.64. The van der Waals surface area contributed by atoms with Crippen molar-refractivity contribution in [2.45, 2.75) is 51.9 Å². The number of benzene rings is 1. The molecule has 0 aliphatic carbocycles. The van der Waals surface area contributed by atoms with Crippen LogP contribution in [-0.4, -0.2) is 60.5 Å². The first-order chi connectivity index (χ1) is 15.2. The largest absolute Gasteiger partial charge is 0.445 e. The number of Topliss-reactive ketones (excluding diaryl/α,β-unsaturated/α-hetero) is 1. The van der Waals surface area contributed by atoms with Crippen molar-refractivity contribution < 1.29 is 28.3 Å². The van der Waals surface area contributed by atoms with Crippen molar-refractivity contribution in [2.75, 3.05) is 18.7 Å². The maximum absolute atomic E-state index is 12.8. The molecule has 178 valence electrons. The quantitative estimate of drug-likeness (QED) is 0.408. The molecule has 0 fully saturated rings. The summed E-state index contributed by atoms with van der Waals surface area (Å²) in [6.07, 6.45) is 1.37. The van der Waals surface area contributed by atoms with E-state index >= 15 is 0 Å². The van der Waals surface area contributed by atoms with Gasteiger partial charge in [0.15, 0.2) is 5.78 Å². The van der Waals surface area contributed by atoms with Crippen molar-refractivity contribution in [3.05, 3.63) is 35.9 Å². The van der Waals surface area contributed by atoms with Gasteiger partial charge in [0.1, 0.15) is 25.4 Å². The molecule has 0 heterocycles. The van der Waals surface area contributed by atoms with E-state index < -0.39 is 48.5 Å². The van der Waals surface area contributed by atoms with Crippen molar-refractivity contribution >= 4 is 35.5 Å². The number of rotatable bonds is 13. The zero-order valence-corrected chi connectivity index (χ0v) is 19.7. The van der Waals surface area contributed by atoms with Crippen LogP contribution in [0.2, 0.25) is 0 Å². The summed E-state index contributed by atoms with van der Waals surface area (Å²) in [6.45, 7) is 3.81. The monoisotopic (exact) mass is 469 g/mol. The average molecular weight is 470 g/mol.